The van der Waals surface area contributed by atoms with Crippen LogP contribution in [-0.2, 0) is 18.6 Å². The number of carbonyl (C=O) groups excluding carboxylic acids is 1. The van der Waals surface area contributed by atoms with Gasteiger partial charge < -0.3 is 35.2 Å². The van der Waals surface area contributed by atoms with E-state index in [2.05, 4.69) is 9.84 Å². The summed E-state index contributed by atoms with van der Waals surface area (Å²) in [6.07, 6.45) is -6.15. The molecule has 0 radical (unpaired) electrons. The van der Waals surface area contributed by atoms with E-state index in [0.717, 1.165) is 6.92 Å². The maximum Gasteiger partial charge on any atom is 0.469 e. The van der Waals surface area contributed by atoms with E-state index in [4.69, 9.17) is 14.5 Å². The number of nitrogens with one attached hydrogen (secondary N) is 1. The van der Waals surface area contributed by atoms with Crippen molar-refractivity contribution in [1.29, 1.82) is 0 Å². The summed E-state index contributed by atoms with van der Waals surface area (Å²) >= 11 is 0. The lowest BCUT2D eigenvalue weighted by Crippen LogP contribution is -2.64. The molecule has 5 atom stereocenters. The van der Waals surface area contributed by atoms with Crippen LogP contribution in [0.1, 0.15) is 6.92 Å². The van der Waals surface area contributed by atoms with E-state index in [1.54, 1.807) is 0 Å². The summed E-state index contributed by atoms with van der Waals surface area (Å²) in [6, 6.07) is -1.25. The van der Waals surface area contributed by atoms with Crippen molar-refractivity contribution in [3.05, 3.63) is 0 Å². The summed E-state index contributed by atoms with van der Waals surface area (Å²) in [4.78, 5) is 27.9. The average Bonchev–Trinajstić information content (AvgIpc) is 2.26. The Bertz CT molecular complexity index is 371. The Hall–Kier alpha value is -0.580. The van der Waals surface area contributed by atoms with Gasteiger partial charge in [0, 0.05) is 6.92 Å². The molecule has 1 heterocycles. The predicted molar refractivity (Wildman–Crippen MR) is 58.5 cm³/mol. The van der Waals surface area contributed by atoms with Crippen LogP contribution in [-0.4, -0.2) is 68.3 Å². The molecule has 19 heavy (non-hydrogen) atoms. The third-order valence-electron chi connectivity index (χ3n) is 2.50. The number of phosphoric acid groups is 1. The fraction of sp³-hybridized carbons (Fsp3) is 0.875. The normalized spacial score (nSPS) is 36.0. The van der Waals surface area contributed by atoms with E-state index in [0.29, 0.717) is 0 Å². The Balaban J connectivity index is 2.66. The minimum atomic E-state index is -4.76. The van der Waals surface area contributed by atoms with E-state index < -0.39 is 51.0 Å². The second-order valence-corrected chi connectivity index (χ2v) is 5.30. The molecular formula is C8H16NO9P. The highest BCUT2D eigenvalue weighted by molar-refractivity contribution is 7.46. The van der Waals surface area contributed by atoms with Gasteiger partial charge in [-0.15, -0.1) is 0 Å². The Labute approximate surface area is 108 Å². The molecule has 6 N–H and O–H groups in total. The monoisotopic (exact) mass is 301 g/mol. The zero-order valence-corrected chi connectivity index (χ0v) is 10.8. The van der Waals surface area contributed by atoms with Crippen molar-refractivity contribution in [3.8, 4) is 0 Å². The summed E-state index contributed by atoms with van der Waals surface area (Å²) in [5.74, 6) is -0.552. The summed E-state index contributed by atoms with van der Waals surface area (Å²) in [5, 5.41) is 31.1. The molecule has 1 fully saturated rings. The summed E-state index contributed by atoms with van der Waals surface area (Å²) in [5.41, 5.74) is 0. The fourth-order valence-corrected chi connectivity index (χ4v) is 1.99. The molecule has 0 aromatic heterocycles. The molecule has 1 amide bonds. The van der Waals surface area contributed by atoms with E-state index in [1.165, 1.54) is 0 Å². The minimum Gasteiger partial charge on any atom is -0.388 e. The number of carbonyl (C=O) groups is 1. The van der Waals surface area contributed by atoms with Crippen molar-refractivity contribution in [2.75, 3.05) is 6.61 Å². The van der Waals surface area contributed by atoms with Gasteiger partial charge in [-0.3, -0.25) is 9.32 Å². The van der Waals surface area contributed by atoms with Crippen LogP contribution >= 0.6 is 7.82 Å². The number of rotatable bonds is 4. The van der Waals surface area contributed by atoms with Crippen molar-refractivity contribution in [2.24, 2.45) is 0 Å². The molecule has 0 spiro atoms. The van der Waals surface area contributed by atoms with Crippen LogP contribution in [0, 0.1) is 0 Å². The van der Waals surface area contributed by atoms with Gasteiger partial charge in [-0.05, 0) is 0 Å². The third kappa shape index (κ3) is 4.79. The van der Waals surface area contributed by atoms with Crippen LogP contribution < -0.4 is 5.32 Å². The number of hydrogen-bond acceptors (Lipinski definition) is 7. The second kappa shape index (κ2) is 6.25. The number of hydrogen-bond donors (Lipinski definition) is 6. The molecule has 112 valence electrons. The highest BCUT2D eigenvalue weighted by atomic mass is 31.2. The first-order chi connectivity index (χ1) is 8.61. The first-order valence-electron chi connectivity index (χ1n) is 5.28. The molecule has 0 aromatic rings. The largest absolute Gasteiger partial charge is 0.469 e. The van der Waals surface area contributed by atoms with Gasteiger partial charge >= 0.3 is 7.82 Å². The first-order valence-corrected chi connectivity index (χ1v) is 6.81. The fourth-order valence-electron chi connectivity index (χ4n) is 1.65. The maximum absolute atomic E-state index is 10.9. The Kier molecular flexibility index (Phi) is 5.42. The molecule has 1 aliphatic rings. The molecule has 11 heteroatoms. The zero-order chi connectivity index (χ0) is 14.8. The molecule has 0 bridgehead atoms. The number of aliphatic hydroxyl groups is 3. The third-order valence-corrected chi connectivity index (χ3v) is 2.98. The van der Waals surface area contributed by atoms with Gasteiger partial charge in [0.1, 0.15) is 24.4 Å². The average molecular weight is 301 g/mol. The van der Waals surface area contributed by atoms with Crippen LogP contribution in [0.3, 0.4) is 0 Å². The predicted octanol–water partition coefficient (Wildman–Crippen LogP) is -2.96. The molecule has 1 saturated heterocycles. The molecular weight excluding hydrogens is 285 g/mol. The Morgan fingerprint density at radius 3 is 2.37 bits per heavy atom. The van der Waals surface area contributed by atoms with Crippen LogP contribution in [0.15, 0.2) is 0 Å². The highest BCUT2D eigenvalue weighted by Crippen LogP contribution is 2.36. The van der Waals surface area contributed by atoms with Crippen molar-refractivity contribution in [3.63, 3.8) is 0 Å². The quantitative estimate of drug-likeness (QED) is 0.297. The van der Waals surface area contributed by atoms with E-state index in [-0.39, 0.29) is 0 Å². The van der Waals surface area contributed by atoms with Crippen LogP contribution in [0.2, 0.25) is 0 Å². The standard InChI is InChI=1S/C8H16NO9P/c1-3(10)9-5-7(12)6(11)4(18-8(5)13)2-17-19(14,15)16/h4-8,11-13H,2H2,1H3,(H,9,10)(H2,14,15,16)/t4-,5+,6+,7-,8-/m1/s1. The van der Waals surface area contributed by atoms with Gasteiger partial charge in [0.25, 0.3) is 0 Å². The molecule has 0 aromatic carbocycles. The Morgan fingerprint density at radius 1 is 1.32 bits per heavy atom. The van der Waals surface area contributed by atoms with Gasteiger partial charge in [0.2, 0.25) is 5.91 Å². The minimum absolute atomic E-state index is 0.552. The van der Waals surface area contributed by atoms with E-state index in [1.807, 2.05) is 0 Å². The van der Waals surface area contributed by atoms with E-state index in [9.17, 15) is 24.7 Å². The van der Waals surface area contributed by atoms with Crippen molar-refractivity contribution in [1.82, 2.24) is 5.32 Å². The lowest BCUT2D eigenvalue weighted by molar-refractivity contribution is -0.252. The van der Waals surface area contributed by atoms with Crippen LogP contribution in [0.4, 0.5) is 0 Å². The summed E-state index contributed by atoms with van der Waals surface area (Å²) in [6.45, 7) is 0.418. The Morgan fingerprint density at radius 2 is 1.89 bits per heavy atom. The lowest BCUT2D eigenvalue weighted by atomic mass is 9.97. The SMILES string of the molecule is CC(=O)N[C@H]1[C@@H](O)[C@@H](O)[C@@H](COP(=O)(O)O)O[C@H]1O. The molecule has 1 aliphatic heterocycles. The van der Waals surface area contributed by atoms with Crippen LogP contribution in [0.5, 0.6) is 0 Å². The van der Waals surface area contributed by atoms with Gasteiger partial charge in [0.15, 0.2) is 6.29 Å². The number of phosphoric ester groups is 1. The molecule has 0 saturated carbocycles. The van der Waals surface area contributed by atoms with Crippen molar-refractivity contribution >= 4 is 13.7 Å². The molecule has 10 nitrogen and oxygen atoms in total. The van der Waals surface area contributed by atoms with Crippen molar-refractivity contribution in [2.45, 2.75) is 37.6 Å². The lowest BCUT2D eigenvalue weighted by Gasteiger charge is -2.40. The smallest absolute Gasteiger partial charge is 0.388 e. The molecule has 1 rings (SSSR count). The van der Waals surface area contributed by atoms with Gasteiger partial charge in [-0.1, -0.05) is 0 Å². The van der Waals surface area contributed by atoms with E-state index >= 15 is 0 Å². The number of aliphatic hydroxyl groups excluding tert-OH is 3. The van der Waals surface area contributed by atoms with Gasteiger partial charge in [0.05, 0.1) is 6.61 Å². The zero-order valence-electron chi connectivity index (χ0n) is 9.91. The number of amides is 1. The van der Waals surface area contributed by atoms with Crippen LogP contribution in [0.25, 0.3) is 0 Å². The highest BCUT2D eigenvalue weighted by Gasteiger charge is 2.44. The first kappa shape index (κ1) is 16.5. The van der Waals surface area contributed by atoms with Gasteiger partial charge in [-0.2, -0.15) is 0 Å². The van der Waals surface area contributed by atoms with Crippen molar-refractivity contribution < 1.29 is 43.7 Å². The topological polar surface area (TPSA) is 166 Å². The summed E-state index contributed by atoms with van der Waals surface area (Å²) in [7, 11) is -4.76. The number of ether oxygens (including phenoxy) is 1. The molecule has 0 aliphatic carbocycles. The molecule has 0 unspecified atom stereocenters. The maximum atomic E-state index is 10.9. The van der Waals surface area contributed by atoms with Gasteiger partial charge in [-0.25, -0.2) is 4.57 Å². The second-order valence-electron chi connectivity index (χ2n) is 4.06. The summed E-state index contributed by atoms with van der Waals surface area (Å²) < 4.78 is 19.5.